The largest absolute Gasteiger partial charge is 0.444 e. The van der Waals surface area contributed by atoms with Gasteiger partial charge >= 0.3 is 6.09 Å². The van der Waals surface area contributed by atoms with Gasteiger partial charge in [-0.1, -0.05) is 45.4 Å². The molecule has 0 heterocycles. The molecule has 0 spiro atoms. The van der Waals surface area contributed by atoms with Gasteiger partial charge in [-0.15, -0.1) is 0 Å². The first-order chi connectivity index (χ1) is 10.3. The molecule has 1 aliphatic carbocycles. The highest BCUT2D eigenvalue weighted by atomic mass is 16.6. The summed E-state index contributed by atoms with van der Waals surface area (Å²) in [5, 5.41) is 12.8. The fraction of sp³-hybridized carbons (Fsp3) is 0.944. The maximum Gasteiger partial charge on any atom is 0.407 e. The summed E-state index contributed by atoms with van der Waals surface area (Å²) in [6.45, 7) is 8.45. The summed E-state index contributed by atoms with van der Waals surface area (Å²) < 4.78 is 5.31. The van der Waals surface area contributed by atoms with Crippen molar-refractivity contribution in [3.8, 4) is 0 Å². The molecule has 1 saturated carbocycles. The Kier molecular flexibility index (Phi) is 7.67. The number of ether oxygens (including phenoxy) is 1. The highest BCUT2D eigenvalue weighted by Gasteiger charge is 2.36. The van der Waals surface area contributed by atoms with Crippen LogP contribution in [-0.4, -0.2) is 30.0 Å². The van der Waals surface area contributed by atoms with Crippen LogP contribution in [0.2, 0.25) is 0 Å². The van der Waals surface area contributed by atoms with Crippen molar-refractivity contribution in [2.75, 3.05) is 13.2 Å². The van der Waals surface area contributed by atoms with E-state index in [2.05, 4.69) is 12.2 Å². The van der Waals surface area contributed by atoms with Crippen molar-refractivity contribution < 1.29 is 14.6 Å². The van der Waals surface area contributed by atoms with Crippen molar-refractivity contribution in [3.05, 3.63) is 0 Å². The Labute approximate surface area is 136 Å². The minimum Gasteiger partial charge on any atom is -0.444 e. The van der Waals surface area contributed by atoms with Crippen molar-refractivity contribution in [3.63, 3.8) is 0 Å². The number of rotatable bonds is 10. The van der Waals surface area contributed by atoms with Crippen LogP contribution in [-0.2, 0) is 4.74 Å². The molecule has 2 N–H and O–H groups in total. The summed E-state index contributed by atoms with van der Waals surface area (Å²) in [5.41, 5.74) is -0.657. The highest BCUT2D eigenvalue weighted by Crippen LogP contribution is 2.42. The molecule has 0 saturated heterocycles. The van der Waals surface area contributed by atoms with E-state index in [4.69, 9.17) is 4.74 Å². The molecule has 4 nitrogen and oxygen atoms in total. The number of nitrogens with one attached hydrogen (secondary N) is 1. The van der Waals surface area contributed by atoms with Crippen LogP contribution in [0.25, 0.3) is 0 Å². The van der Waals surface area contributed by atoms with E-state index in [0.29, 0.717) is 6.54 Å². The number of carbonyl (C=O) groups excluding carboxylic acids is 1. The number of aliphatic hydroxyl groups is 1. The van der Waals surface area contributed by atoms with Gasteiger partial charge in [0.25, 0.3) is 0 Å². The number of hydrogen-bond donors (Lipinski definition) is 2. The van der Waals surface area contributed by atoms with Gasteiger partial charge in [-0.25, -0.2) is 4.79 Å². The number of aliphatic hydroxyl groups excluding tert-OH is 1. The molecule has 130 valence electrons. The van der Waals surface area contributed by atoms with E-state index < -0.39 is 5.60 Å². The van der Waals surface area contributed by atoms with Gasteiger partial charge in [-0.2, -0.15) is 0 Å². The minimum atomic E-state index is -0.483. The third kappa shape index (κ3) is 8.02. The van der Waals surface area contributed by atoms with Crippen LogP contribution >= 0.6 is 0 Å². The average molecular weight is 313 g/mol. The van der Waals surface area contributed by atoms with Gasteiger partial charge in [0.2, 0.25) is 0 Å². The summed E-state index contributed by atoms with van der Waals surface area (Å²) in [7, 11) is 0. The SMILES string of the molecule is CCCCCCC(CO)(CNC(=O)OC(C)(C)C)CC1CC1. The Hall–Kier alpha value is -0.770. The Morgan fingerprint density at radius 3 is 2.41 bits per heavy atom. The summed E-state index contributed by atoms with van der Waals surface area (Å²) in [6.07, 6.45) is 8.93. The second-order valence-electron chi connectivity index (χ2n) is 7.97. The zero-order valence-electron chi connectivity index (χ0n) is 14.9. The molecule has 0 aliphatic heterocycles. The quantitative estimate of drug-likeness (QED) is 0.592. The number of alkyl carbamates (subject to hydrolysis) is 1. The summed E-state index contributed by atoms with van der Waals surface area (Å²) in [4.78, 5) is 11.9. The lowest BCUT2D eigenvalue weighted by Gasteiger charge is -2.33. The van der Waals surface area contributed by atoms with Crippen LogP contribution in [0.15, 0.2) is 0 Å². The molecule has 1 unspecified atom stereocenters. The number of unbranched alkanes of at least 4 members (excludes halogenated alkanes) is 3. The molecule has 4 heteroatoms. The van der Waals surface area contributed by atoms with E-state index in [0.717, 1.165) is 25.2 Å². The van der Waals surface area contributed by atoms with Gasteiger partial charge in [-0.05, 0) is 39.5 Å². The normalized spacial score (nSPS) is 17.9. The molecule has 0 aromatic rings. The fourth-order valence-corrected chi connectivity index (χ4v) is 2.90. The number of hydrogen-bond acceptors (Lipinski definition) is 3. The maximum absolute atomic E-state index is 11.9. The van der Waals surface area contributed by atoms with Gasteiger partial charge < -0.3 is 15.2 Å². The predicted molar refractivity (Wildman–Crippen MR) is 89.9 cm³/mol. The molecule has 0 bridgehead atoms. The van der Waals surface area contributed by atoms with E-state index in [9.17, 15) is 9.90 Å². The zero-order valence-corrected chi connectivity index (χ0v) is 14.9. The highest BCUT2D eigenvalue weighted by molar-refractivity contribution is 5.67. The van der Waals surface area contributed by atoms with Gasteiger partial charge in [0.15, 0.2) is 0 Å². The van der Waals surface area contributed by atoms with Crippen molar-refractivity contribution in [2.45, 2.75) is 84.7 Å². The predicted octanol–water partition coefficient (Wildman–Crippen LogP) is 4.26. The fourth-order valence-electron chi connectivity index (χ4n) is 2.90. The summed E-state index contributed by atoms with van der Waals surface area (Å²) in [5.74, 6) is 0.735. The molecule has 1 rings (SSSR count). The second kappa shape index (κ2) is 8.76. The summed E-state index contributed by atoms with van der Waals surface area (Å²) >= 11 is 0. The standard InChI is InChI=1S/C18H35NO3/c1-5-6-7-8-11-18(14-20,12-15-9-10-15)13-19-16(21)22-17(2,3)4/h15,20H,5-14H2,1-4H3,(H,19,21). The second-order valence-corrected chi connectivity index (χ2v) is 7.97. The first-order valence-electron chi connectivity index (χ1n) is 8.88. The maximum atomic E-state index is 11.9. The van der Waals surface area contributed by atoms with Gasteiger partial charge in [0.05, 0.1) is 6.61 Å². The van der Waals surface area contributed by atoms with Crippen molar-refractivity contribution in [2.24, 2.45) is 11.3 Å². The minimum absolute atomic E-state index is 0.144. The lowest BCUT2D eigenvalue weighted by atomic mass is 9.78. The molecule has 22 heavy (non-hydrogen) atoms. The van der Waals surface area contributed by atoms with Crippen LogP contribution in [0.3, 0.4) is 0 Å². The Morgan fingerprint density at radius 2 is 1.91 bits per heavy atom. The van der Waals surface area contributed by atoms with Crippen LogP contribution in [0.4, 0.5) is 4.79 Å². The lowest BCUT2D eigenvalue weighted by molar-refractivity contribution is 0.0433. The van der Waals surface area contributed by atoms with E-state index in [1.807, 2.05) is 20.8 Å². The summed E-state index contributed by atoms with van der Waals surface area (Å²) in [6, 6.07) is 0. The van der Waals surface area contributed by atoms with Gasteiger partial charge in [0, 0.05) is 12.0 Å². The molecule has 1 aliphatic rings. The van der Waals surface area contributed by atoms with Crippen LogP contribution in [0.5, 0.6) is 0 Å². The van der Waals surface area contributed by atoms with E-state index in [-0.39, 0.29) is 18.1 Å². The molecule has 1 fully saturated rings. The monoisotopic (exact) mass is 313 g/mol. The van der Waals surface area contributed by atoms with Gasteiger partial charge in [-0.3, -0.25) is 0 Å². The van der Waals surface area contributed by atoms with E-state index in [1.165, 1.54) is 32.1 Å². The molecule has 0 aromatic heterocycles. The van der Waals surface area contributed by atoms with Crippen LogP contribution in [0, 0.1) is 11.3 Å². The zero-order chi connectivity index (χ0) is 16.6. The lowest BCUT2D eigenvalue weighted by Crippen LogP contribution is -2.42. The first kappa shape index (κ1) is 19.3. The van der Waals surface area contributed by atoms with Crippen molar-refractivity contribution >= 4 is 6.09 Å². The smallest absolute Gasteiger partial charge is 0.407 e. The Morgan fingerprint density at radius 1 is 1.23 bits per heavy atom. The average Bonchev–Trinajstić information content (AvgIpc) is 3.23. The third-order valence-electron chi connectivity index (χ3n) is 4.32. The van der Waals surface area contributed by atoms with E-state index in [1.54, 1.807) is 0 Å². The van der Waals surface area contributed by atoms with Crippen LogP contribution < -0.4 is 5.32 Å². The Bertz CT molecular complexity index is 334. The molecular weight excluding hydrogens is 278 g/mol. The van der Waals surface area contributed by atoms with E-state index >= 15 is 0 Å². The van der Waals surface area contributed by atoms with Gasteiger partial charge in [0.1, 0.15) is 5.60 Å². The van der Waals surface area contributed by atoms with Crippen LogP contribution in [0.1, 0.15) is 79.1 Å². The Balaban J connectivity index is 2.50. The molecular formula is C18H35NO3. The first-order valence-corrected chi connectivity index (χ1v) is 8.88. The third-order valence-corrected chi connectivity index (χ3v) is 4.32. The number of amides is 1. The number of carbonyl (C=O) groups is 1. The molecule has 1 atom stereocenters. The molecule has 1 amide bonds. The molecule has 0 aromatic carbocycles. The van der Waals surface area contributed by atoms with Crippen molar-refractivity contribution in [1.82, 2.24) is 5.32 Å². The van der Waals surface area contributed by atoms with Crippen molar-refractivity contribution in [1.29, 1.82) is 0 Å². The molecule has 0 radical (unpaired) electrons. The topological polar surface area (TPSA) is 58.6 Å².